The summed E-state index contributed by atoms with van der Waals surface area (Å²) in [5.41, 5.74) is 1.06. The van der Waals surface area contributed by atoms with Crippen LogP contribution in [-0.4, -0.2) is 81.7 Å². The van der Waals surface area contributed by atoms with Crippen LogP contribution in [0, 0.1) is 11.8 Å². The number of aromatic hydroxyl groups is 1. The van der Waals surface area contributed by atoms with Gasteiger partial charge < -0.3 is 44.5 Å². The second-order valence-electron chi connectivity index (χ2n) is 7.99. The van der Waals surface area contributed by atoms with Gasteiger partial charge in [0.1, 0.15) is 36.8 Å². The van der Waals surface area contributed by atoms with Crippen LogP contribution in [0.15, 0.2) is 48.3 Å². The highest BCUT2D eigenvalue weighted by Crippen LogP contribution is 2.41. The van der Waals surface area contributed by atoms with Gasteiger partial charge in [0.05, 0.1) is 24.4 Å². The maximum atomic E-state index is 12.3. The Hall–Kier alpha value is -2.47. The van der Waals surface area contributed by atoms with Crippen LogP contribution < -0.4 is 0 Å². The lowest BCUT2D eigenvalue weighted by Gasteiger charge is -2.42. The van der Waals surface area contributed by atoms with E-state index in [9.17, 15) is 30.3 Å². The fourth-order valence-electron chi connectivity index (χ4n) is 4.14. The monoisotopic (exact) mass is 450 g/mol. The summed E-state index contributed by atoms with van der Waals surface area (Å²) in [7, 11) is 0. The summed E-state index contributed by atoms with van der Waals surface area (Å²) in [6.45, 7) is -0.576. The second kappa shape index (κ2) is 9.57. The van der Waals surface area contributed by atoms with E-state index in [-0.39, 0.29) is 24.2 Å². The molecule has 32 heavy (non-hydrogen) atoms. The molecule has 1 aromatic carbocycles. The first-order valence-corrected chi connectivity index (χ1v) is 10.3. The minimum atomic E-state index is -1.56. The van der Waals surface area contributed by atoms with Crippen molar-refractivity contribution < 1.29 is 49.3 Å². The SMILES string of the molecule is O=C(OCC1=CCC2C=COC(OC3OC(CO)C(O)C(O)C3O)C12)c1ccc(O)cc1. The Morgan fingerprint density at radius 3 is 2.53 bits per heavy atom. The number of rotatable bonds is 6. The first kappa shape index (κ1) is 22.7. The molecular formula is C22H26O10. The van der Waals surface area contributed by atoms with Crippen LogP contribution in [0.2, 0.25) is 0 Å². The summed E-state index contributed by atoms with van der Waals surface area (Å²) in [6, 6.07) is 5.71. The van der Waals surface area contributed by atoms with Gasteiger partial charge in [0.15, 0.2) is 6.29 Å². The van der Waals surface area contributed by atoms with E-state index >= 15 is 0 Å². The molecule has 0 radical (unpaired) electrons. The summed E-state index contributed by atoms with van der Waals surface area (Å²) in [5, 5.41) is 48.9. The van der Waals surface area contributed by atoms with E-state index in [1.165, 1.54) is 30.5 Å². The number of ether oxygens (including phenoxy) is 4. The topological polar surface area (TPSA) is 155 Å². The fraction of sp³-hybridized carbons (Fsp3) is 0.500. The maximum absolute atomic E-state index is 12.3. The molecule has 8 atom stereocenters. The molecule has 2 heterocycles. The Morgan fingerprint density at radius 2 is 1.81 bits per heavy atom. The van der Waals surface area contributed by atoms with Crippen molar-refractivity contribution in [3.8, 4) is 5.75 Å². The van der Waals surface area contributed by atoms with Gasteiger partial charge in [-0.2, -0.15) is 0 Å². The number of aliphatic hydroxyl groups excluding tert-OH is 4. The lowest BCUT2D eigenvalue weighted by atomic mass is 9.89. The molecular weight excluding hydrogens is 424 g/mol. The molecule has 0 bridgehead atoms. The Kier molecular flexibility index (Phi) is 6.79. The zero-order valence-corrected chi connectivity index (χ0v) is 17.1. The zero-order chi connectivity index (χ0) is 22.8. The molecule has 0 spiro atoms. The number of phenolic OH excluding ortho intramolecular Hbond substituents is 1. The summed E-state index contributed by atoms with van der Waals surface area (Å²) in [5.74, 6) is -0.823. The highest BCUT2D eigenvalue weighted by molar-refractivity contribution is 5.89. The van der Waals surface area contributed by atoms with Crippen molar-refractivity contribution in [3.63, 3.8) is 0 Å². The van der Waals surface area contributed by atoms with Gasteiger partial charge in [0.25, 0.3) is 0 Å². The number of aliphatic hydroxyl groups is 4. The van der Waals surface area contributed by atoms with Crippen LogP contribution in [0.1, 0.15) is 16.8 Å². The van der Waals surface area contributed by atoms with Crippen LogP contribution in [0.4, 0.5) is 0 Å². The van der Waals surface area contributed by atoms with E-state index in [2.05, 4.69) is 0 Å². The minimum Gasteiger partial charge on any atom is -0.508 e. The van der Waals surface area contributed by atoms with Gasteiger partial charge in [-0.15, -0.1) is 0 Å². The predicted molar refractivity (Wildman–Crippen MR) is 107 cm³/mol. The number of allylic oxidation sites excluding steroid dienone is 2. The Morgan fingerprint density at radius 1 is 1.06 bits per heavy atom. The van der Waals surface area contributed by atoms with Gasteiger partial charge in [-0.05, 0) is 48.3 Å². The quantitative estimate of drug-likeness (QED) is 0.291. The molecule has 0 amide bonds. The average Bonchev–Trinajstić information content (AvgIpc) is 3.22. The Labute approximate surface area is 183 Å². The lowest BCUT2D eigenvalue weighted by Crippen LogP contribution is -2.60. The molecule has 4 rings (SSSR count). The summed E-state index contributed by atoms with van der Waals surface area (Å²) in [4.78, 5) is 12.3. The number of fused-ring (bicyclic) bond motifs is 1. The molecule has 10 heteroatoms. The number of phenols is 1. The van der Waals surface area contributed by atoms with Crippen LogP contribution in [0.3, 0.4) is 0 Å². The number of benzene rings is 1. The van der Waals surface area contributed by atoms with Gasteiger partial charge in [0, 0.05) is 0 Å². The molecule has 1 aromatic rings. The fourth-order valence-corrected chi connectivity index (χ4v) is 4.14. The van der Waals surface area contributed by atoms with E-state index < -0.39 is 49.6 Å². The van der Waals surface area contributed by atoms with Gasteiger partial charge in [-0.3, -0.25) is 0 Å². The summed E-state index contributed by atoms with van der Waals surface area (Å²) in [6.07, 6.45) is -2.01. The molecule has 10 nitrogen and oxygen atoms in total. The number of carbonyl (C=O) groups is 1. The van der Waals surface area contributed by atoms with Gasteiger partial charge >= 0.3 is 5.97 Å². The van der Waals surface area contributed by atoms with Crippen molar-refractivity contribution in [3.05, 3.63) is 53.8 Å². The average molecular weight is 450 g/mol. The molecule has 5 N–H and O–H groups in total. The zero-order valence-electron chi connectivity index (χ0n) is 17.1. The highest BCUT2D eigenvalue weighted by atomic mass is 16.8. The molecule has 1 fully saturated rings. The second-order valence-corrected chi connectivity index (χ2v) is 7.99. The lowest BCUT2D eigenvalue weighted by molar-refractivity contribution is -0.339. The predicted octanol–water partition coefficient (Wildman–Crippen LogP) is -0.202. The number of carbonyl (C=O) groups excluding carboxylic acids is 1. The number of esters is 1. The number of hydrogen-bond donors (Lipinski definition) is 5. The standard InChI is InChI=1S/C22H26O10/c23-9-15-17(25)18(26)19(27)22(31-15)32-21-16-11(7-8-29-21)1-2-13(16)10-30-20(28)12-3-5-14(24)6-4-12/h2-8,11,15-19,21-27H,1,9-10H2. The third-order valence-corrected chi connectivity index (χ3v) is 5.96. The largest absolute Gasteiger partial charge is 0.508 e. The van der Waals surface area contributed by atoms with E-state index in [1.54, 1.807) is 0 Å². The number of hydrogen-bond acceptors (Lipinski definition) is 10. The van der Waals surface area contributed by atoms with Gasteiger partial charge in [-0.25, -0.2) is 4.79 Å². The van der Waals surface area contributed by atoms with Gasteiger partial charge in [-0.1, -0.05) is 6.08 Å². The summed E-state index contributed by atoms with van der Waals surface area (Å²) >= 11 is 0. The summed E-state index contributed by atoms with van der Waals surface area (Å²) < 4.78 is 22.2. The smallest absolute Gasteiger partial charge is 0.338 e. The molecule has 2 aliphatic heterocycles. The molecule has 0 saturated carbocycles. The van der Waals surface area contributed by atoms with Crippen molar-refractivity contribution in [1.82, 2.24) is 0 Å². The van der Waals surface area contributed by atoms with Crippen molar-refractivity contribution >= 4 is 5.97 Å². The van der Waals surface area contributed by atoms with Crippen molar-refractivity contribution in [1.29, 1.82) is 0 Å². The Bertz CT molecular complexity index is 864. The normalized spacial score (nSPS) is 36.2. The molecule has 3 aliphatic rings. The van der Waals surface area contributed by atoms with Crippen molar-refractivity contribution in [2.75, 3.05) is 13.2 Å². The third-order valence-electron chi connectivity index (χ3n) is 5.96. The highest BCUT2D eigenvalue weighted by Gasteiger charge is 2.47. The van der Waals surface area contributed by atoms with Crippen LogP contribution in [0.5, 0.6) is 5.75 Å². The van der Waals surface area contributed by atoms with E-state index in [4.69, 9.17) is 18.9 Å². The van der Waals surface area contributed by atoms with E-state index in [0.717, 1.165) is 5.57 Å². The van der Waals surface area contributed by atoms with E-state index in [1.807, 2.05) is 12.2 Å². The first-order chi connectivity index (χ1) is 15.4. The van der Waals surface area contributed by atoms with Crippen LogP contribution in [0.25, 0.3) is 0 Å². The van der Waals surface area contributed by atoms with E-state index in [0.29, 0.717) is 12.0 Å². The van der Waals surface area contributed by atoms with Crippen LogP contribution >= 0.6 is 0 Å². The van der Waals surface area contributed by atoms with Crippen molar-refractivity contribution in [2.45, 2.75) is 43.4 Å². The molecule has 1 saturated heterocycles. The minimum absolute atomic E-state index is 0.00732. The third kappa shape index (κ3) is 4.51. The maximum Gasteiger partial charge on any atom is 0.338 e. The first-order valence-electron chi connectivity index (χ1n) is 10.3. The van der Waals surface area contributed by atoms with Crippen LogP contribution in [-0.2, 0) is 18.9 Å². The molecule has 0 aromatic heterocycles. The molecule has 174 valence electrons. The molecule has 8 unspecified atom stereocenters. The van der Waals surface area contributed by atoms with Crippen molar-refractivity contribution in [2.24, 2.45) is 11.8 Å². The Balaban J connectivity index is 1.42. The molecule has 1 aliphatic carbocycles. The van der Waals surface area contributed by atoms with Gasteiger partial charge in [0.2, 0.25) is 6.29 Å².